The van der Waals surface area contributed by atoms with Crippen LogP contribution in [-0.2, 0) is 9.53 Å². The summed E-state index contributed by atoms with van der Waals surface area (Å²) in [5.41, 5.74) is 0. The van der Waals surface area contributed by atoms with E-state index < -0.39 is 0 Å². The maximum atomic E-state index is 12.6. The van der Waals surface area contributed by atoms with Crippen molar-refractivity contribution in [2.24, 2.45) is 5.92 Å². The summed E-state index contributed by atoms with van der Waals surface area (Å²) >= 11 is 1.44. The summed E-state index contributed by atoms with van der Waals surface area (Å²) in [5.74, 6) is 1.42. The Labute approximate surface area is 129 Å². The van der Waals surface area contributed by atoms with Gasteiger partial charge in [-0.3, -0.25) is 4.79 Å². The maximum absolute atomic E-state index is 12.6. The maximum Gasteiger partial charge on any atom is 0.252 e. The van der Waals surface area contributed by atoms with Gasteiger partial charge in [-0.05, 0) is 32.1 Å². The monoisotopic (exact) mass is 310 g/mol. The summed E-state index contributed by atoms with van der Waals surface area (Å²) in [6.45, 7) is 5.21. The van der Waals surface area contributed by atoms with Crippen LogP contribution in [0.1, 0.15) is 25.1 Å². The third-order valence-electron chi connectivity index (χ3n) is 4.14. The van der Waals surface area contributed by atoms with Gasteiger partial charge in [0.2, 0.25) is 5.13 Å². The van der Waals surface area contributed by atoms with Crippen LogP contribution in [0.3, 0.4) is 0 Å². The van der Waals surface area contributed by atoms with Crippen LogP contribution >= 0.6 is 11.5 Å². The second-order valence-electron chi connectivity index (χ2n) is 5.78. The summed E-state index contributed by atoms with van der Waals surface area (Å²) in [5, 5.41) is 0.965. The molecule has 6 nitrogen and oxygen atoms in total. The molecule has 1 aliphatic heterocycles. The van der Waals surface area contributed by atoms with Crippen molar-refractivity contribution in [3.8, 4) is 0 Å². The molecule has 0 unspecified atom stereocenters. The Morgan fingerprint density at radius 3 is 2.76 bits per heavy atom. The van der Waals surface area contributed by atoms with Crippen molar-refractivity contribution in [2.45, 2.75) is 32.3 Å². The first kappa shape index (κ1) is 14.7. The van der Waals surface area contributed by atoms with Crippen LogP contribution in [-0.4, -0.2) is 59.6 Å². The van der Waals surface area contributed by atoms with Crippen molar-refractivity contribution in [2.75, 3.05) is 38.2 Å². The summed E-state index contributed by atoms with van der Waals surface area (Å²) in [6, 6.07) is 0. The number of ether oxygens (including phenoxy) is 1. The molecule has 21 heavy (non-hydrogen) atoms. The van der Waals surface area contributed by atoms with E-state index in [1.807, 2.05) is 11.8 Å². The Morgan fingerprint density at radius 2 is 2.14 bits per heavy atom. The predicted molar refractivity (Wildman–Crippen MR) is 81.6 cm³/mol. The number of amides is 1. The molecule has 2 heterocycles. The lowest BCUT2D eigenvalue weighted by molar-refractivity contribution is -0.143. The zero-order chi connectivity index (χ0) is 14.8. The smallest absolute Gasteiger partial charge is 0.252 e. The highest BCUT2D eigenvalue weighted by Gasteiger charge is 2.38. The van der Waals surface area contributed by atoms with E-state index >= 15 is 0 Å². The van der Waals surface area contributed by atoms with Crippen molar-refractivity contribution >= 4 is 22.6 Å². The first-order valence-electron chi connectivity index (χ1n) is 7.56. The minimum atomic E-state index is -0.236. The molecule has 1 aromatic rings. The standard InChI is InChI=1S/C14H22N4O2S/c1-10-15-14(21-16-10)18-7-3-6-17(8-9-18)13(19)12(20-2)11-4-5-11/h11-12H,3-9H2,1-2H3/t12-/m1/s1. The number of hydrogen-bond acceptors (Lipinski definition) is 6. The van der Waals surface area contributed by atoms with Gasteiger partial charge in [-0.15, -0.1) is 0 Å². The van der Waals surface area contributed by atoms with Crippen LogP contribution in [0.5, 0.6) is 0 Å². The van der Waals surface area contributed by atoms with Gasteiger partial charge in [0.15, 0.2) is 0 Å². The molecule has 0 spiro atoms. The molecule has 2 aliphatic rings. The van der Waals surface area contributed by atoms with Gasteiger partial charge in [0.05, 0.1) is 0 Å². The van der Waals surface area contributed by atoms with E-state index in [1.54, 1.807) is 7.11 Å². The van der Waals surface area contributed by atoms with Gasteiger partial charge in [-0.2, -0.15) is 4.37 Å². The second-order valence-corrected chi connectivity index (χ2v) is 6.51. The van der Waals surface area contributed by atoms with Crippen molar-refractivity contribution in [3.63, 3.8) is 0 Å². The van der Waals surface area contributed by atoms with Crippen LogP contribution in [0, 0.1) is 12.8 Å². The molecule has 1 amide bonds. The lowest BCUT2D eigenvalue weighted by Crippen LogP contribution is -2.43. The van der Waals surface area contributed by atoms with Gasteiger partial charge in [-0.25, -0.2) is 4.98 Å². The Bertz CT molecular complexity index is 503. The summed E-state index contributed by atoms with van der Waals surface area (Å²) < 4.78 is 9.66. The summed E-state index contributed by atoms with van der Waals surface area (Å²) in [4.78, 5) is 21.2. The van der Waals surface area contributed by atoms with Crippen molar-refractivity contribution in [3.05, 3.63) is 5.82 Å². The largest absolute Gasteiger partial charge is 0.371 e. The molecule has 116 valence electrons. The predicted octanol–water partition coefficient (Wildman–Crippen LogP) is 1.31. The Hall–Kier alpha value is -1.21. The number of hydrogen-bond donors (Lipinski definition) is 0. The number of methoxy groups -OCH3 is 1. The van der Waals surface area contributed by atoms with Gasteiger partial charge >= 0.3 is 0 Å². The highest BCUT2D eigenvalue weighted by atomic mass is 32.1. The van der Waals surface area contributed by atoms with E-state index in [0.717, 1.165) is 56.4 Å². The number of carbonyl (C=O) groups is 1. The van der Waals surface area contributed by atoms with Crippen molar-refractivity contribution in [1.82, 2.24) is 14.3 Å². The van der Waals surface area contributed by atoms with E-state index in [2.05, 4.69) is 14.3 Å². The third kappa shape index (κ3) is 3.35. The summed E-state index contributed by atoms with van der Waals surface area (Å²) in [6.07, 6.45) is 2.97. The van der Waals surface area contributed by atoms with Gasteiger partial charge in [0, 0.05) is 44.8 Å². The van der Waals surface area contributed by atoms with Gasteiger partial charge in [-0.1, -0.05) is 0 Å². The third-order valence-corrected chi connectivity index (χ3v) is 5.01. The first-order chi connectivity index (χ1) is 10.2. The normalized spacial score (nSPS) is 21.2. The highest BCUT2D eigenvalue weighted by Crippen LogP contribution is 2.35. The van der Waals surface area contributed by atoms with E-state index in [1.165, 1.54) is 11.5 Å². The molecule has 1 atom stereocenters. The SMILES string of the molecule is CO[C@@H](C(=O)N1CCCN(c2nc(C)ns2)CC1)C1CC1. The van der Waals surface area contributed by atoms with Crippen molar-refractivity contribution < 1.29 is 9.53 Å². The topological polar surface area (TPSA) is 58.6 Å². The lowest BCUT2D eigenvalue weighted by atomic mass is 10.2. The van der Waals surface area contributed by atoms with Crippen LogP contribution in [0.15, 0.2) is 0 Å². The number of anilines is 1. The zero-order valence-electron chi connectivity index (χ0n) is 12.6. The highest BCUT2D eigenvalue weighted by molar-refractivity contribution is 7.09. The molecule has 2 fully saturated rings. The molecule has 1 saturated carbocycles. The van der Waals surface area contributed by atoms with Crippen LogP contribution in [0.2, 0.25) is 0 Å². The van der Waals surface area contributed by atoms with Crippen LogP contribution in [0.4, 0.5) is 5.13 Å². The Morgan fingerprint density at radius 1 is 1.33 bits per heavy atom. The van der Waals surface area contributed by atoms with E-state index in [-0.39, 0.29) is 12.0 Å². The second kappa shape index (κ2) is 6.27. The Balaban J connectivity index is 1.61. The molecular formula is C14H22N4O2S. The minimum Gasteiger partial charge on any atom is -0.371 e. The van der Waals surface area contributed by atoms with Gasteiger partial charge < -0.3 is 14.5 Å². The van der Waals surface area contributed by atoms with Crippen LogP contribution < -0.4 is 4.90 Å². The quantitative estimate of drug-likeness (QED) is 0.839. The van der Waals surface area contributed by atoms with Gasteiger partial charge in [0.1, 0.15) is 11.9 Å². The molecule has 0 aromatic carbocycles. The first-order valence-corrected chi connectivity index (χ1v) is 8.33. The fourth-order valence-corrected chi connectivity index (χ4v) is 3.54. The number of carbonyl (C=O) groups excluding carboxylic acids is 1. The molecule has 3 rings (SSSR count). The van der Waals surface area contributed by atoms with E-state index in [0.29, 0.717) is 5.92 Å². The summed E-state index contributed by atoms with van der Waals surface area (Å²) in [7, 11) is 1.65. The average molecular weight is 310 g/mol. The number of aryl methyl sites for hydroxylation is 1. The van der Waals surface area contributed by atoms with Crippen molar-refractivity contribution in [1.29, 1.82) is 0 Å². The Kier molecular flexibility index (Phi) is 4.40. The molecule has 7 heteroatoms. The number of aromatic nitrogens is 2. The average Bonchev–Trinajstić information content (AvgIpc) is 3.25. The van der Waals surface area contributed by atoms with E-state index in [9.17, 15) is 4.79 Å². The molecule has 1 aliphatic carbocycles. The lowest BCUT2D eigenvalue weighted by Gasteiger charge is -2.25. The van der Waals surface area contributed by atoms with Crippen LogP contribution in [0.25, 0.3) is 0 Å². The molecule has 0 radical (unpaired) electrons. The van der Waals surface area contributed by atoms with Gasteiger partial charge in [0.25, 0.3) is 5.91 Å². The number of nitrogens with zero attached hydrogens (tertiary/aromatic N) is 4. The fourth-order valence-electron chi connectivity index (χ4n) is 2.82. The molecule has 1 aromatic heterocycles. The fraction of sp³-hybridized carbons (Fsp3) is 0.786. The molecule has 0 N–H and O–H groups in total. The number of rotatable bonds is 4. The minimum absolute atomic E-state index is 0.162. The molecule has 1 saturated heterocycles. The van der Waals surface area contributed by atoms with E-state index in [4.69, 9.17) is 4.74 Å². The molecular weight excluding hydrogens is 288 g/mol. The molecule has 0 bridgehead atoms. The zero-order valence-corrected chi connectivity index (χ0v) is 13.4.